The number of likely N-dealkylation sites (tertiary alicyclic amines) is 1. The Balaban J connectivity index is 1.86. The first kappa shape index (κ1) is 12.9. The lowest BCUT2D eigenvalue weighted by atomic mass is 10.1. The molecule has 2 rings (SSSR count). The first-order chi connectivity index (χ1) is 8.29. The average Bonchev–Trinajstić information content (AvgIpc) is 2.35. The van der Waals surface area contributed by atoms with Crippen LogP contribution in [0.2, 0.25) is 5.02 Å². The van der Waals surface area contributed by atoms with Crippen LogP contribution in [0, 0.1) is 0 Å². The molecule has 0 spiro atoms. The molecule has 0 saturated carbocycles. The summed E-state index contributed by atoms with van der Waals surface area (Å²) in [5, 5.41) is 1.35. The molecule has 0 atom stereocenters. The number of piperidine rings is 1. The van der Waals surface area contributed by atoms with Crippen LogP contribution in [0.5, 0.6) is 0 Å². The zero-order valence-electron chi connectivity index (χ0n) is 9.64. The molecule has 2 nitrogen and oxygen atoms in total. The molecule has 1 aliphatic rings. The van der Waals surface area contributed by atoms with E-state index < -0.39 is 0 Å². The molecule has 0 aromatic heterocycles. The molecule has 0 aliphatic carbocycles. The van der Waals surface area contributed by atoms with Crippen molar-refractivity contribution in [3.8, 4) is 0 Å². The van der Waals surface area contributed by atoms with E-state index >= 15 is 0 Å². The highest BCUT2D eigenvalue weighted by molar-refractivity contribution is 8.12. The van der Waals surface area contributed by atoms with Crippen molar-refractivity contribution < 1.29 is 4.79 Å². The molecule has 92 valence electrons. The van der Waals surface area contributed by atoms with Gasteiger partial charge in [-0.2, -0.15) is 0 Å². The first-order valence-corrected chi connectivity index (χ1v) is 7.16. The number of nitrogens with zero attached hydrogens (tertiary/aromatic N) is 1. The smallest absolute Gasteiger partial charge is 0.176 e. The number of thioether (sulfide) groups is 1. The quantitative estimate of drug-likeness (QED) is 0.783. The second-order valence-electron chi connectivity index (χ2n) is 4.30. The molecule has 0 amide bonds. The highest BCUT2D eigenvalue weighted by Gasteiger charge is 2.19. The fraction of sp³-hybridized carbons (Fsp3) is 0.462. The van der Waals surface area contributed by atoms with Crippen LogP contribution in [0.15, 0.2) is 24.3 Å². The summed E-state index contributed by atoms with van der Waals surface area (Å²) in [6.07, 6.45) is 2.18. The number of hydrogen-bond donors (Lipinski definition) is 0. The van der Waals surface area contributed by atoms with E-state index in [-0.39, 0.29) is 0 Å². The predicted molar refractivity (Wildman–Crippen MR) is 74.1 cm³/mol. The minimum Gasteiger partial charge on any atom is -0.299 e. The van der Waals surface area contributed by atoms with Gasteiger partial charge in [-0.05, 0) is 37.6 Å². The summed E-state index contributed by atoms with van der Waals surface area (Å²) < 4.78 is 0. The molecule has 4 heteroatoms. The van der Waals surface area contributed by atoms with E-state index in [4.69, 9.17) is 11.6 Å². The Morgan fingerprint density at radius 2 is 2.06 bits per heavy atom. The van der Waals surface area contributed by atoms with E-state index in [0.29, 0.717) is 5.25 Å². The van der Waals surface area contributed by atoms with Gasteiger partial charge in [0.25, 0.3) is 0 Å². The van der Waals surface area contributed by atoms with Crippen molar-refractivity contribution in [2.45, 2.75) is 24.6 Å². The maximum Gasteiger partial charge on any atom is 0.176 e. The third-order valence-electron chi connectivity index (χ3n) is 3.13. The lowest BCUT2D eigenvalue weighted by Crippen LogP contribution is -2.34. The van der Waals surface area contributed by atoms with E-state index in [9.17, 15) is 4.79 Å². The van der Waals surface area contributed by atoms with Gasteiger partial charge in [0.05, 0.1) is 0 Å². The van der Waals surface area contributed by atoms with E-state index in [2.05, 4.69) is 11.0 Å². The largest absolute Gasteiger partial charge is 0.299 e. The van der Waals surface area contributed by atoms with E-state index in [1.54, 1.807) is 0 Å². The van der Waals surface area contributed by atoms with Crippen LogP contribution in [-0.2, 0) is 11.3 Å². The van der Waals surface area contributed by atoms with Crippen molar-refractivity contribution in [3.05, 3.63) is 34.9 Å². The SMILES string of the molecule is O=CSC1CCN(Cc2ccccc2Cl)CC1. The Hall–Kier alpha value is -0.510. The van der Waals surface area contributed by atoms with E-state index in [1.807, 2.05) is 18.2 Å². The van der Waals surface area contributed by atoms with Crippen LogP contribution in [0.25, 0.3) is 0 Å². The van der Waals surface area contributed by atoms with Gasteiger partial charge >= 0.3 is 0 Å². The summed E-state index contributed by atoms with van der Waals surface area (Å²) >= 11 is 7.58. The highest BCUT2D eigenvalue weighted by Crippen LogP contribution is 2.24. The molecular formula is C13H16ClNOS. The molecule has 1 saturated heterocycles. The van der Waals surface area contributed by atoms with Crippen LogP contribution < -0.4 is 0 Å². The molecule has 1 fully saturated rings. The zero-order valence-corrected chi connectivity index (χ0v) is 11.2. The molecule has 1 heterocycles. The van der Waals surface area contributed by atoms with Gasteiger partial charge in [0.2, 0.25) is 0 Å². The van der Waals surface area contributed by atoms with Gasteiger partial charge in [-0.1, -0.05) is 41.6 Å². The second-order valence-corrected chi connectivity index (χ2v) is 5.84. The summed E-state index contributed by atoms with van der Waals surface area (Å²) in [6.45, 7) is 3.02. The predicted octanol–water partition coefficient (Wildman–Crippen LogP) is 3.23. The fourth-order valence-corrected chi connectivity index (χ4v) is 2.99. The van der Waals surface area contributed by atoms with Crippen LogP contribution in [0.4, 0.5) is 0 Å². The number of carbonyl (C=O) groups excluding carboxylic acids is 1. The normalized spacial score (nSPS) is 18.2. The number of halogens is 1. The highest BCUT2D eigenvalue weighted by atomic mass is 35.5. The van der Waals surface area contributed by atoms with Crippen molar-refractivity contribution in [3.63, 3.8) is 0 Å². The molecule has 1 aliphatic heterocycles. The molecule has 1 aromatic rings. The summed E-state index contributed by atoms with van der Waals surface area (Å²) in [4.78, 5) is 12.8. The maximum absolute atomic E-state index is 10.4. The summed E-state index contributed by atoms with van der Waals surface area (Å²) in [5.74, 6) is 0. The number of rotatable bonds is 4. The van der Waals surface area contributed by atoms with Gasteiger partial charge in [0, 0.05) is 16.8 Å². The number of carbonyl (C=O) groups is 1. The number of benzene rings is 1. The van der Waals surface area contributed by atoms with Gasteiger partial charge in [0.15, 0.2) is 5.62 Å². The second kappa shape index (κ2) is 6.43. The zero-order chi connectivity index (χ0) is 12.1. The molecule has 0 unspecified atom stereocenters. The van der Waals surface area contributed by atoms with E-state index in [0.717, 1.165) is 43.1 Å². The van der Waals surface area contributed by atoms with Gasteiger partial charge in [-0.15, -0.1) is 0 Å². The third kappa shape index (κ3) is 3.73. The summed E-state index contributed by atoms with van der Waals surface area (Å²) in [7, 11) is 0. The monoisotopic (exact) mass is 269 g/mol. The average molecular weight is 270 g/mol. The van der Waals surface area contributed by atoms with Crippen LogP contribution in [0.3, 0.4) is 0 Å². The van der Waals surface area contributed by atoms with E-state index in [1.165, 1.54) is 17.3 Å². The maximum atomic E-state index is 10.4. The molecule has 17 heavy (non-hydrogen) atoms. The fourth-order valence-electron chi connectivity index (χ4n) is 2.15. The Morgan fingerprint density at radius 1 is 1.35 bits per heavy atom. The lowest BCUT2D eigenvalue weighted by molar-refractivity contribution is 0.225. The lowest BCUT2D eigenvalue weighted by Gasteiger charge is -2.30. The molecule has 0 N–H and O–H groups in total. The van der Waals surface area contributed by atoms with Gasteiger partial charge in [-0.3, -0.25) is 9.69 Å². The minimum atomic E-state index is 0.509. The Kier molecular flexibility index (Phi) is 4.89. The topological polar surface area (TPSA) is 20.3 Å². The summed E-state index contributed by atoms with van der Waals surface area (Å²) in [6, 6.07) is 8.00. The van der Waals surface area contributed by atoms with Crippen molar-refractivity contribution in [1.82, 2.24) is 4.90 Å². The first-order valence-electron chi connectivity index (χ1n) is 5.84. The molecule has 1 aromatic carbocycles. The Morgan fingerprint density at radius 3 is 2.71 bits per heavy atom. The molecular weight excluding hydrogens is 254 g/mol. The van der Waals surface area contributed by atoms with Crippen LogP contribution >= 0.6 is 23.4 Å². The molecule has 0 bridgehead atoms. The summed E-state index contributed by atoms with van der Waals surface area (Å²) in [5.41, 5.74) is 2.16. The minimum absolute atomic E-state index is 0.509. The van der Waals surface area contributed by atoms with Gasteiger partial charge in [0.1, 0.15) is 0 Å². The van der Waals surface area contributed by atoms with Gasteiger partial charge < -0.3 is 0 Å². The Bertz CT molecular complexity index is 377. The third-order valence-corrected chi connectivity index (χ3v) is 4.47. The van der Waals surface area contributed by atoms with Crippen LogP contribution in [-0.4, -0.2) is 28.9 Å². The standard InChI is InChI=1S/C13H16ClNOS/c14-13-4-2-1-3-11(13)9-15-7-5-12(6-8-15)17-10-16/h1-4,10,12H,5-9H2. The van der Waals surface area contributed by atoms with Crippen molar-refractivity contribution in [1.29, 1.82) is 0 Å². The molecule has 0 radical (unpaired) electrons. The van der Waals surface area contributed by atoms with Gasteiger partial charge in [-0.25, -0.2) is 0 Å². The Labute approximate surface area is 111 Å². The van der Waals surface area contributed by atoms with Crippen molar-refractivity contribution in [2.75, 3.05) is 13.1 Å². The van der Waals surface area contributed by atoms with Crippen molar-refractivity contribution >= 4 is 29.0 Å². The number of hydrogen-bond acceptors (Lipinski definition) is 3. The van der Waals surface area contributed by atoms with Crippen molar-refractivity contribution in [2.24, 2.45) is 0 Å². The van der Waals surface area contributed by atoms with Crippen LogP contribution in [0.1, 0.15) is 18.4 Å².